The van der Waals surface area contributed by atoms with Crippen molar-refractivity contribution in [3.05, 3.63) is 36.2 Å². The molecule has 0 radical (unpaired) electrons. The Balaban J connectivity index is 1.02. The van der Waals surface area contributed by atoms with E-state index in [-0.39, 0.29) is 31.1 Å². The molecule has 3 aromatic rings. The molecule has 9 N–H and O–H groups in total. The van der Waals surface area contributed by atoms with Gasteiger partial charge in [0, 0.05) is 43.5 Å². The Labute approximate surface area is 301 Å². The van der Waals surface area contributed by atoms with Crippen LogP contribution in [0, 0.1) is 0 Å². The lowest BCUT2D eigenvalue weighted by atomic mass is 9.95. The summed E-state index contributed by atoms with van der Waals surface area (Å²) in [6.07, 6.45) is 12.4. The predicted octanol–water partition coefficient (Wildman–Crippen LogP) is 2.01. The number of carbonyl (C=O) groups is 2. The highest BCUT2D eigenvalue weighted by atomic mass is 31.2. The molecular formula is C34H55N12O4P. The van der Waals surface area contributed by atoms with Crippen LogP contribution in [-0.2, 0) is 22.7 Å². The average Bonchev–Trinajstić information content (AvgIpc) is 3.61. The van der Waals surface area contributed by atoms with Crippen molar-refractivity contribution in [2.45, 2.75) is 102 Å². The quantitative estimate of drug-likeness (QED) is 0.0618. The summed E-state index contributed by atoms with van der Waals surface area (Å²) >= 11 is 0. The standard InChI is InChI=1S/C34H55N12O4P/c35-29(33(48)39-24-51(49)50)12-13-31(47)45-20-14-26(15-21-45)40-32-28-10-4-5-11-30(28)41-34(42-32)38-22-27-23-46(44-43-27)19-7-17-36-16-6-18-37-25-8-2-1-3-9-25/h4-5,10-11,23,25-26,29,36-37,49-50H,1-3,6-9,12-22,24,35H2,(H,39,48)(H2,38,40,41,42)/t29-/m0/s1. The fourth-order valence-electron chi connectivity index (χ4n) is 6.60. The van der Waals surface area contributed by atoms with E-state index in [1.807, 2.05) is 35.1 Å². The maximum Gasteiger partial charge on any atom is 0.237 e. The van der Waals surface area contributed by atoms with Gasteiger partial charge < -0.3 is 47.0 Å². The van der Waals surface area contributed by atoms with E-state index in [1.54, 1.807) is 4.90 Å². The van der Waals surface area contributed by atoms with Crippen LogP contribution in [0.15, 0.2) is 30.5 Å². The van der Waals surface area contributed by atoms with Gasteiger partial charge in [0.15, 0.2) is 8.38 Å². The third kappa shape index (κ3) is 12.9. The number of aromatic nitrogens is 5. The Bertz CT molecular complexity index is 1510. The number of anilines is 2. The van der Waals surface area contributed by atoms with Gasteiger partial charge in [0.25, 0.3) is 0 Å². The second-order valence-electron chi connectivity index (χ2n) is 13.5. The molecule has 1 saturated heterocycles. The topological polar surface area (TPSA) is 220 Å². The first-order chi connectivity index (χ1) is 24.8. The molecule has 16 nitrogen and oxygen atoms in total. The fraction of sp³-hybridized carbons (Fsp3) is 0.647. The van der Waals surface area contributed by atoms with Gasteiger partial charge in [-0.2, -0.15) is 4.98 Å². The van der Waals surface area contributed by atoms with E-state index in [2.05, 4.69) is 36.9 Å². The number of para-hydroxylation sites is 1. The van der Waals surface area contributed by atoms with Gasteiger partial charge in [-0.05, 0) is 76.7 Å². The summed E-state index contributed by atoms with van der Waals surface area (Å²) < 4.78 is 1.88. The minimum Gasteiger partial charge on any atom is -0.367 e. The molecule has 0 bridgehead atoms. The number of aryl methyl sites for hydroxylation is 1. The lowest BCUT2D eigenvalue weighted by Gasteiger charge is -2.33. The first-order valence-corrected chi connectivity index (χ1v) is 19.8. The number of likely N-dealkylation sites (tertiary alicyclic amines) is 1. The van der Waals surface area contributed by atoms with Gasteiger partial charge in [-0.15, -0.1) is 5.10 Å². The summed E-state index contributed by atoms with van der Waals surface area (Å²) in [5, 5.41) is 26.1. The number of fused-ring (bicyclic) bond motifs is 1. The van der Waals surface area contributed by atoms with Crippen LogP contribution >= 0.6 is 8.38 Å². The van der Waals surface area contributed by atoms with Gasteiger partial charge >= 0.3 is 0 Å². The monoisotopic (exact) mass is 726 g/mol. The lowest BCUT2D eigenvalue weighted by Crippen LogP contribution is -2.44. The molecule has 3 heterocycles. The molecule has 2 aromatic heterocycles. The normalized spacial score (nSPS) is 16.4. The van der Waals surface area contributed by atoms with E-state index in [0.717, 1.165) is 80.3 Å². The SMILES string of the molecule is N[C@@H](CCC(=O)N1CCC(Nc2nc(NCc3cn(CCCNCCCNC4CCCCC4)nn3)nc3ccccc23)CC1)C(=O)NCP(O)O. The van der Waals surface area contributed by atoms with Gasteiger partial charge in [0.2, 0.25) is 17.8 Å². The number of rotatable bonds is 20. The Hall–Kier alpha value is -3.53. The lowest BCUT2D eigenvalue weighted by molar-refractivity contribution is -0.132. The molecule has 1 aliphatic carbocycles. The summed E-state index contributed by atoms with van der Waals surface area (Å²) in [5.74, 6) is 0.681. The zero-order valence-electron chi connectivity index (χ0n) is 29.5. The molecule has 5 rings (SSSR count). The van der Waals surface area contributed by atoms with Crippen LogP contribution in [0.1, 0.15) is 76.3 Å². The number of carbonyl (C=O) groups excluding carboxylic acids is 2. The molecular weight excluding hydrogens is 671 g/mol. The van der Waals surface area contributed by atoms with Crippen molar-refractivity contribution in [2.75, 3.05) is 49.6 Å². The number of benzene rings is 1. The third-order valence-corrected chi connectivity index (χ3v) is 9.96. The van der Waals surface area contributed by atoms with Crippen molar-refractivity contribution in [3.8, 4) is 0 Å². The predicted molar refractivity (Wildman–Crippen MR) is 199 cm³/mol. The van der Waals surface area contributed by atoms with Crippen LogP contribution in [0.4, 0.5) is 11.8 Å². The van der Waals surface area contributed by atoms with E-state index in [9.17, 15) is 9.59 Å². The van der Waals surface area contributed by atoms with Crippen molar-refractivity contribution in [1.29, 1.82) is 0 Å². The van der Waals surface area contributed by atoms with Gasteiger partial charge in [0.1, 0.15) is 11.5 Å². The first kappa shape index (κ1) is 38.7. The van der Waals surface area contributed by atoms with Crippen molar-refractivity contribution in [1.82, 2.24) is 45.8 Å². The van der Waals surface area contributed by atoms with Crippen molar-refractivity contribution in [2.24, 2.45) is 5.73 Å². The Kier molecular flexibility index (Phi) is 15.5. The van der Waals surface area contributed by atoms with Crippen LogP contribution in [0.25, 0.3) is 10.9 Å². The smallest absolute Gasteiger partial charge is 0.237 e. The van der Waals surface area contributed by atoms with Gasteiger partial charge in [0.05, 0.1) is 30.6 Å². The summed E-state index contributed by atoms with van der Waals surface area (Å²) in [5.41, 5.74) is 7.51. The van der Waals surface area contributed by atoms with Gasteiger partial charge in [-0.3, -0.25) is 14.3 Å². The van der Waals surface area contributed by atoms with Gasteiger partial charge in [-0.1, -0.05) is 36.6 Å². The van der Waals surface area contributed by atoms with E-state index >= 15 is 0 Å². The largest absolute Gasteiger partial charge is 0.367 e. The minimum atomic E-state index is -2.23. The summed E-state index contributed by atoms with van der Waals surface area (Å²) in [6.45, 7) is 5.45. The summed E-state index contributed by atoms with van der Waals surface area (Å²) in [7, 11) is -2.23. The van der Waals surface area contributed by atoms with Gasteiger partial charge in [-0.25, -0.2) is 4.98 Å². The summed E-state index contributed by atoms with van der Waals surface area (Å²) in [4.78, 5) is 54.1. The molecule has 1 aromatic carbocycles. The number of piperidine rings is 1. The van der Waals surface area contributed by atoms with E-state index < -0.39 is 20.3 Å². The van der Waals surface area contributed by atoms with Crippen LogP contribution < -0.4 is 32.3 Å². The number of nitrogens with two attached hydrogens (primary N) is 1. The minimum absolute atomic E-state index is 0.0520. The maximum absolute atomic E-state index is 12.8. The molecule has 1 saturated carbocycles. The molecule has 51 heavy (non-hydrogen) atoms. The number of hydrogen-bond acceptors (Lipinski definition) is 13. The third-order valence-electron chi connectivity index (χ3n) is 9.52. The van der Waals surface area contributed by atoms with Crippen LogP contribution in [0.2, 0.25) is 0 Å². The number of amides is 2. The number of nitrogens with zero attached hydrogens (tertiary/aromatic N) is 6. The Morgan fingerprint density at radius 2 is 1.76 bits per heavy atom. The molecule has 0 unspecified atom stereocenters. The van der Waals surface area contributed by atoms with E-state index in [1.165, 1.54) is 32.1 Å². The highest BCUT2D eigenvalue weighted by Crippen LogP contribution is 2.25. The van der Waals surface area contributed by atoms with Crippen molar-refractivity contribution < 1.29 is 19.4 Å². The summed E-state index contributed by atoms with van der Waals surface area (Å²) in [6, 6.07) is 7.83. The highest BCUT2D eigenvalue weighted by molar-refractivity contribution is 7.45. The molecule has 0 spiro atoms. The first-order valence-electron chi connectivity index (χ1n) is 18.4. The maximum atomic E-state index is 12.8. The number of hydrogen-bond donors (Lipinski definition) is 8. The average molecular weight is 727 g/mol. The molecule has 2 aliphatic rings. The molecule has 1 atom stereocenters. The molecule has 280 valence electrons. The fourth-order valence-corrected chi connectivity index (χ4v) is 6.89. The van der Waals surface area contributed by atoms with Crippen LogP contribution in [0.5, 0.6) is 0 Å². The molecule has 1 aliphatic heterocycles. The number of nitrogens with one attached hydrogen (secondary N) is 5. The molecule has 17 heteroatoms. The Morgan fingerprint density at radius 1 is 0.980 bits per heavy atom. The second kappa shape index (κ2) is 20.5. The molecule has 2 fully saturated rings. The molecule has 2 amide bonds. The van der Waals surface area contributed by atoms with Crippen LogP contribution in [-0.4, -0.2) is 109 Å². The highest BCUT2D eigenvalue weighted by Gasteiger charge is 2.25. The van der Waals surface area contributed by atoms with E-state index in [0.29, 0.717) is 25.6 Å². The zero-order chi connectivity index (χ0) is 35.8. The van der Waals surface area contributed by atoms with Crippen molar-refractivity contribution in [3.63, 3.8) is 0 Å². The van der Waals surface area contributed by atoms with Crippen LogP contribution in [0.3, 0.4) is 0 Å². The zero-order valence-corrected chi connectivity index (χ0v) is 30.4. The van der Waals surface area contributed by atoms with Crippen molar-refractivity contribution >= 4 is 42.9 Å². The van der Waals surface area contributed by atoms with E-state index in [4.69, 9.17) is 25.5 Å². The second-order valence-corrected chi connectivity index (χ2v) is 14.6. The Morgan fingerprint density at radius 3 is 2.57 bits per heavy atom.